The molecule has 27 heavy (non-hydrogen) atoms. The first-order chi connectivity index (χ1) is 13.0. The van der Waals surface area contributed by atoms with Gasteiger partial charge in [-0.3, -0.25) is 14.7 Å². The van der Waals surface area contributed by atoms with Crippen LogP contribution in [0.5, 0.6) is 5.75 Å². The normalized spacial score (nSPS) is 16.7. The predicted octanol–water partition coefficient (Wildman–Crippen LogP) is 3.79. The van der Waals surface area contributed by atoms with Gasteiger partial charge < -0.3 is 5.11 Å². The average molecular weight is 385 g/mol. The fourth-order valence-electron chi connectivity index (χ4n) is 2.30. The van der Waals surface area contributed by atoms with Gasteiger partial charge in [0.2, 0.25) is 0 Å². The van der Waals surface area contributed by atoms with Gasteiger partial charge >= 0.3 is 0 Å². The van der Waals surface area contributed by atoms with Crippen LogP contribution in [0.15, 0.2) is 68.9 Å². The minimum Gasteiger partial charge on any atom is -0.508 e. The Bertz CT molecular complexity index is 836. The van der Waals surface area contributed by atoms with Crippen molar-refractivity contribution in [1.82, 2.24) is 4.90 Å². The van der Waals surface area contributed by atoms with Crippen LogP contribution in [-0.4, -0.2) is 47.2 Å². The van der Waals surface area contributed by atoms with Crippen LogP contribution < -0.4 is 0 Å². The van der Waals surface area contributed by atoms with E-state index < -0.39 is 0 Å². The van der Waals surface area contributed by atoms with Crippen LogP contribution in [0, 0.1) is 0 Å². The first-order valence-electron chi connectivity index (χ1n) is 8.34. The number of carbonyl (C=O) groups excluding carboxylic acids is 1. The van der Waals surface area contributed by atoms with Crippen molar-refractivity contribution in [3.8, 4) is 5.75 Å². The molecule has 1 aromatic rings. The first kappa shape index (κ1) is 20.3. The van der Waals surface area contributed by atoms with Crippen molar-refractivity contribution < 1.29 is 9.90 Å². The molecule has 7 heteroatoms. The third kappa shape index (κ3) is 6.04. The molecule has 1 heterocycles. The van der Waals surface area contributed by atoms with E-state index in [4.69, 9.17) is 11.6 Å². The van der Waals surface area contributed by atoms with E-state index in [1.807, 2.05) is 13.0 Å². The Hall–Kier alpha value is -2.99. The maximum atomic E-state index is 12.7. The Morgan fingerprint density at radius 2 is 2.11 bits per heavy atom. The molecule has 1 amide bonds. The maximum absolute atomic E-state index is 12.7. The number of phenols is 1. The van der Waals surface area contributed by atoms with Crippen molar-refractivity contribution >= 4 is 42.5 Å². The Morgan fingerprint density at radius 1 is 1.37 bits per heavy atom. The summed E-state index contributed by atoms with van der Waals surface area (Å²) in [5.41, 5.74) is 1.99. The van der Waals surface area contributed by atoms with Crippen LogP contribution in [0.2, 0.25) is 0 Å². The van der Waals surface area contributed by atoms with E-state index in [0.29, 0.717) is 30.4 Å². The lowest BCUT2D eigenvalue weighted by Gasteiger charge is -2.15. The van der Waals surface area contributed by atoms with E-state index in [2.05, 4.69) is 21.7 Å². The molecule has 0 radical (unpaired) electrons. The topological polar surface area (TPSA) is 77.6 Å². The summed E-state index contributed by atoms with van der Waals surface area (Å²) in [5, 5.41) is 9.38. The number of nitrogens with zero attached hydrogens (tertiary/aromatic N) is 4. The second-order valence-corrected chi connectivity index (χ2v) is 6.12. The minimum absolute atomic E-state index is 0.169. The molecule has 0 saturated carbocycles. The minimum atomic E-state index is -0.177. The summed E-state index contributed by atoms with van der Waals surface area (Å²) in [6.07, 6.45) is 8.93. The summed E-state index contributed by atoms with van der Waals surface area (Å²) >= 11 is 5.78. The Labute approximate surface area is 163 Å². The SMILES string of the molecule is C=NC=N/C=C(C)/C=C/C1=NC(=C\c2ccc(O)cc2)/C(=O)N1CCCCl. The maximum Gasteiger partial charge on any atom is 0.278 e. The number of amidine groups is 1. The molecular formula is C20H21ClN4O2. The monoisotopic (exact) mass is 384 g/mol. The van der Waals surface area contributed by atoms with E-state index in [1.54, 1.807) is 47.5 Å². The average Bonchev–Trinajstić information content (AvgIpc) is 2.95. The van der Waals surface area contributed by atoms with Crippen molar-refractivity contribution in [2.24, 2.45) is 15.0 Å². The van der Waals surface area contributed by atoms with Gasteiger partial charge in [-0.2, -0.15) is 0 Å². The fourth-order valence-corrected chi connectivity index (χ4v) is 2.42. The largest absolute Gasteiger partial charge is 0.508 e. The second-order valence-electron chi connectivity index (χ2n) is 5.74. The summed E-state index contributed by atoms with van der Waals surface area (Å²) in [4.78, 5) is 26.3. The Morgan fingerprint density at radius 3 is 2.78 bits per heavy atom. The van der Waals surface area contributed by atoms with Crippen LogP contribution in [-0.2, 0) is 4.79 Å². The molecule has 0 fully saturated rings. The molecule has 1 aliphatic heterocycles. The van der Waals surface area contributed by atoms with Gasteiger partial charge in [-0.1, -0.05) is 18.2 Å². The Kier molecular flexibility index (Phi) is 7.70. The number of benzene rings is 1. The summed E-state index contributed by atoms with van der Waals surface area (Å²) in [6.45, 7) is 5.69. The number of rotatable bonds is 8. The van der Waals surface area contributed by atoms with Gasteiger partial charge in [0.05, 0.1) is 0 Å². The number of halogens is 1. The number of allylic oxidation sites excluding steroid dienone is 2. The van der Waals surface area contributed by atoms with Crippen LogP contribution in [0.1, 0.15) is 18.9 Å². The smallest absolute Gasteiger partial charge is 0.278 e. The first-order valence-corrected chi connectivity index (χ1v) is 8.88. The van der Waals surface area contributed by atoms with Crippen LogP contribution in [0.4, 0.5) is 0 Å². The van der Waals surface area contributed by atoms with Crippen LogP contribution in [0.25, 0.3) is 6.08 Å². The molecule has 2 rings (SSSR count). The lowest BCUT2D eigenvalue weighted by atomic mass is 10.2. The van der Waals surface area contributed by atoms with Gasteiger partial charge in [-0.25, -0.2) is 9.98 Å². The number of hydrogen-bond acceptors (Lipinski definition) is 4. The highest BCUT2D eigenvalue weighted by Gasteiger charge is 2.28. The molecular weight excluding hydrogens is 364 g/mol. The van der Waals surface area contributed by atoms with Crippen LogP contribution in [0.3, 0.4) is 0 Å². The Balaban J connectivity index is 2.28. The van der Waals surface area contributed by atoms with E-state index in [9.17, 15) is 9.90 Å². The number of phenolic OH excluding ortho intramolecular Hbond substituents is 1. The highest BCUT2D eigenvalue weighted by Crippen LogP contribution is 2.21. The van der Waals surface area contributed by atoms with Gasteiger partial charge in [-0.15, -0.1) is 11.6 Å². The molecule has 0 bridgehead atoms. The summed E-state index contributed by atoms with van der Waals surface area (Å²) in [5.74, 6) is 0.999. The van der Waals surface area contributed by atoms with Gasteiger partial charge in [0.1, 0.15) is 23.6 Å². The molecule has 0 unspecified atom stereocenters. The molecule has 6 nitrogen and oxygen atoms in total. The number of amides is 1. The van der Waals surface area contributed by atoms with Crippen molar-refractivity contribution in [1.29, 1.82) is 0 Å². The zero-order chi connectivity index (χ0) is 19.6. The van der Waals surface area contributed by atoms with Crippen molar-refractivity contribution in [2.75, 3.05) is 12.4 Å². The quantitative estimate of drug-likeness (QED) is 0.243. The molecule has 0 saturated heterocycles. The second kappa shape index (κ2) is 10.2. The number of aliphatic imine (C=N–C) groups is 3. The standard InChI is InChI=1S/C20H21ClN4O2/c1-15(13-23-14-22-2)4-9-19-24-18(20(27)25(19)11-3-10-21)12-16-5-7-17(26)8-6-16/h4-9,12-14,26H,2-3,10-11H2,1H3/b9-4+,15-13+,18-12-,23-14?. The summed E-state index contributed by atoms with van der Waals surface area (Å²) in [7, 11) is 0. The highest BCUT2D eigenvalue weighted by molar-refractivity contribution is 6.18. The fraction of sp³-hybridized carbons (Fsp3) is 0.200. The summed E-state index contributed by atoms with van der Waals surface area (Å²) < 4.78 is 0. The third-order valence-electron chi connectivity index (χ3n) is 3.61. The highest BCUT2D eigenvalue weighted by atomic mass is 35.5. The number of carbonyl (C=O) groups is 1. The molecule has 1 aliphatic rings. The van der Waals surface area contributed by atoms with Gasteiger partial charge in [0.25, 0.3) is 5.91 Å². The lowest BCUT2D eigenvalue weighted by Crippen LogP contribution is -2.32. The van der Waals surface area contributed by atoms with Crippen LogP contribution >= 0.6 is 11.6 Å². The molecule has 0 aromatic heterocycles. The van der Waals surface area contributed by atoms with E-state index in [1.165, 1.54) is 6.34 Å². The zero-order valence-corrected chi connectivity index (χ0v) is 15.8. The van der Waals surface area contributed by atoms with Gasteiger partial charge in [0.15, 0.2) is 0 Å². The number of hydrogen-bond donors (Lipinski definition) is 1. The van der Waals surface area contributed by atoms with E-state index >= 15 is 0 Å². The molecule has 1 N–H and O–H groups in total. The number of aromatic hydroxyl groups is 1. The zero-order valence-electron chi connectivity index (χ0n) is 15.0. The summed E-state index contributed by atoms with van der Waals surface area (Å²) in [6, 6.07) is 6.57. The van der Waals surface area contributed by atoms with E-state index in [-0.39, 0.29) is 11.7 Å². The molecule has 0 atom stereocenters. The van der Waals surface area contributed by atoms with Crippen molar-refractivity contribution in [2.45, 2.75) is 13.3 Å². The van der Waals surface area contributed by atoms with E-state index in [0.717, 1.165) is 11.1 Å². The van der Waals surface area contributed by atoms with Gasteiger partial charge in [-0.05, 0) is 55.5 Å². The molecule has 0 aliphatic carbocycles. The predicted molar refractivity (Wildman–Crippen MR) is 112 cm³/mol. The third-order valence-corrected chi connectivity index (χ3v) is 3.88. The molecule has 0 spiro atoms. The number of alkyl halides is 1. The van der Waals surface area contributed by atoms with Crippen molar-refractivity contribution in [3.63, 3.8) is 0 Å². The molecule has 1 aromatic carbocycles. The van der Waals surface area contributed by atoms with Gasteiger partial charge in [0, 0.05) is 18.6 Å². The molecule has 140 valence electrons. The van der Waals surface area contributed by atoms with Crippen molar-refractivity contribution in [3.05, 3.63) is 59.5 Å². The lowest BCUT2D eigenvalue weighted by molar-refractivity contribution is -0.122.